The monoisotopic (exact) mass is 792 g/mol. The van der Waals surface area contributed by atoms with Crippen molar-refractivity contribution in [3.05, 3.63) is 176 Å². The Morgan fingerprint density at radius 3 is 1.13 bits per heavy atom. The zero-order valence-corrected chi connectivity index (χ0v) is 35.1. The van der Waals surface area contributed by atoms with E-state index in [1.54, 1.807) is 0 Å². The van der Waals surface area contributed by atoms with Crippen LogP contribution < -0.4 is 0 Å². The molecule has 0 spiro atoms. The maximum atomic E-state index is 13.2. The van der Waals surface area contributed by atoms with Crippen molar-refractivity contribution in [1.82, 2.24) is 0 Å². The van der Waals surface area contributed by atoms with Gasteiger partial charge in [-0.1, -0.05) is 99.5 Å². The molecule has 0 bridgehead atoms. The molecule has 4 aromatic rings. The number of esters is 2. The van der Waals surface area contributed by atoms with Crippen molar-refractivity contribution >= 4 is 34.8 Å². The van der Waals surface area contributed by atoms with Crippen molar-refractivity contribution in [2.45, 2.75) is 67.2 Å². The smallest absolute Gasteiger partial charge is 0.338 e. The standard InChI is InChI=1S/C52H48N4O4/c1-7-9-25-59-51(57)43-23-15-21-41-45(43)37-17-11-13-19-39(37)49(41)55-53-47-31(3)27-35(28-32(47)4)36-29-33(5)48(34(6)30-36)54-56-50-40-20-14-12-18-38(40)46-42(50)22-16-24-44(46)52(58)60-26-10-8-2/h11-24,27-30H,7-10,25-26H2,1-6H3. The molecule has 4 aliphatic carbocycles. The summed E-state index contributed by atoms with van der Waals surface area (Å²) in [7, 11) is 0. The molecule has 4 aromatic carbocycles. The Morgan fingerprint density at radius 2 is 0.767 bits per heavy atom. The summed E-state index contributed by atoms with van der Waals surface area (Å²) in [5.41, 5.74) is 17.5. The maximum Gasteiger partial charge on any atom is 0.338 e. The summed E-state index contributed by atoms with van der Waals surface area (Å²) in [6.07, 6.45) is 12.1. The van der Waals surface area contributed by atoms with Gasteiger partial charge in [-0.3, -0.25) is 0 Å². The van der Waals surface area contributed by atoms with Crippen LogP contribution >= 0.6 is 0 Å². The molecule has 8 rings (SSSR count). The molecule has 0 amide bonds. The fourth-order valence-corrected chi connectivity index (χ4v) is 8.28. The van der Waals surface area contributed by atoms with Crippen molar-refractivity contribution < 1.29 is 19.1 Å². The Labute approximate surface area is 351 Å². The van der Waals surface area contributed by atoms with E-state index in [9.17, 15) is 9.59 Å². The van der Waals surface area contributed by atoms with Crippen LogP contribution in [0.4, 0.5) is 0 Å². The van der Waals surface area contributed by atoms with Gasteiger partial charge in [0.1, 0.15) is 11.4 Å². The number of fused-ring (bicyclic) bond motifs is 6. The van der Waals surface area contributed by atoms with Gasteiger partial charge < -0.3 is 9.47 Å². The Hall–Kier alpha value is -6.80. The van der Waals surface area contributed by atoms with Crippen LogP contribution in [0.15, 0.2) is 163 Å². The minimum absolute atomic E-state index is 0.321. The maximum absolute atomic E-state index is 13.2. The summed E-state index contributed by atoms with van der Waals surface area (Å²) in [5.74, 6) is -0.643. The minimum atomic E-state index is -0.321. The molecule has 0 heterocycles. The highest BCUT2D eigenvalue weighted by molar-refractivity contribution is 6.28. The van der Waals surface area contributed by atoms with Gasteiger partial charge in [-0.05, 0) is 122 Å². The number of nitrogens with zero attached hydrogens (tertiary/aromatic N) is 4. The van der Waals surface area contributed by atoms with E-state index in [0.717, 1.165) is 126 Å². The second-order valence-electron chi connectivity index (χ2n) is 15.5. The van der Waals surface area contributed by atoms with Crippen LogP contribution in [0.2, 0.25) is 0 Å². The number of hydrogen-bond acceptors (Lipinski definition) is 8. The summed E-state index contributed by atoms with van der Waals surface area (Å²) in [5, 5.41) is 19.4. The van der Waals surface area contributed by atoms with Gasteiger partial charge in [0.25, 0.3) is 0 Å². The molecule has 0 radical (unpaired) electrons. The molecule has 4 aliphatic rings. The Bertz CT molecular complexity index is 2520. The van der Waals surface area contributed by atoms with Crippen LogP contribution in [-0.4, -0.2) is 48.0 Å². The van der Waals surface area contributed by atoms with E-state index in [0.29, 0.717) is 24.3 Å². The van der Waals surface area contributed by atoms with E-state index in [2.05, 4.69) is 65.8 Å². The van der Waals surface area contributed by atoms with E-state index >= 15 is 0 Å². The molecule has 0 N–H and O–H groups in total. The van der Waals surface area contributed by atoms with Gasteiger partial charge in [0.05, 0.1) is 35.8 Å². The quantitative estimate of drug-likeness (QED) is 0.0783. The van der Waals surface area contributed by atoms with Crippen molar-refractivity contribution in [1.29, 1.82) is 0 Å². The summed E-state index contributed by atoms with van der Waals surface area (Å²) in [6.45, 7) is 13.2. The summed E-state index contributed by atoms with van der Waals surface area (Å²) >= 11 is 0. The van der Waals surface area contributed by atoms with Crippen LogP contribution in [0.5, 0.6) is 0 Å². The molecule has 8 nitrogen and oxygen atoms in total. The molecule has 8 heteroatoms. The lowest BCUT2D eigenvalue weighted by Crippen LogP contribution is -2.11. The minimum Gasteiger partial charge on any atom is -0.462 e. The third-order valence-electron chi connectivity index (χ3n) is 11.3. The highest BCUT2D eigenvalue weighted by Gasteiger charge is 2.31. The average Bonchev–Trinajstić information content (AvgIpc) is 3.75. The number of hydrogen-bond donors (Lipinski definition) is 0. The number of unbranched alkanes of at least 4 members (excludes halogenated alkanes) is 2. The third-order valence-corrected chi connectivity index (χ3v) is 11.3. The van der Waals surface area contributed by atoms with Gasteiger partial charge in [0, 0.05) is 33.4 Å². The molecule has 60 heavy (non-hydrogen) atoms. The van der Waals surface area contributed by atoms with Crippen LogP contribution in [0.25, 0.3) is 22.3 Å². The Kier molecular flexibility index (Phi) is 11.5. The number of carbonyl (C=O) groups is 2. The first-order chi connectivity index (χ1) is 29.2. The lowest BCUT2D eigenvalue weighted by Gasteiger charge is -2.18. The molecule has 0 unspecified atom stereocenters. The van der Waals surface area contributed by atoms with E-state index in [1.807, 2.05) is 84.9 Å². The number of allylic oxidation sites excluding steroid dienone is 10. The predicted molar refractivity (Wildman–Crippen MR) is 242 cm³/mol. The van der Waals surface area contributed by atoms with Gasteiger partial charge in [0.2, 0.25) is 0 Å². The van der Waals surface area contributed by atoms with Crippen molar-refractivity contribution in [2.75, 3.05) is 13.2 Å². The normalized spacial score (nSPS) is 16.4. The molecule has 0 aromatic heterocycles. The Balaban J connectivity index is 1.08. The lowest BCUT2D eigenvalue weighted by molar-refractivity contribution is 0.0491. The van der Waals surface area contributed by atoms with Gasteiger partial charge in [-0.25, -0.2) is 9.59 Å². The molecule has 0 saturated carbocycles. The summed E-state index contributed by atoms with van der Waals surface area (Å²) in [6, 6.07) is 27.4. The molecule has 0 aliphatic heterocycles. The number of ether oxygens (including phenoxy) is 2. The van der Waals surface area contributed by atoms with Crippen LogP contribution in [-0.2, 0) is 9.47 Å². The molecule has 0 atom stereocenters. The first-order valence-electron chi connectivity index (χ1n) is 20.8. The topological polar surface area (TPSA) is 102 Å². The van der Waals surface area contributed by atoms with Gasteiger partial charge >= 0.3 is 11.9 Å². The first-order valence-corrected chi connectivity index (χ1v) is 20.8. The van der Waals surface area contributed by atoms with Gasteiger partial charge in [-0.2, -0.15) is 0 Å². The fourth-order valence-electron chi connectivity index (χ4n) is 8.28. The van der Waals surface area contributed by atoms with Crippen molar-refractivity contribution in [3.63, 3.8) is 0 Å². The van der Waals surface area contributed by atoms with Crippen LogP contribution in [0, 0.1) is 0 Å². The van der Waals surface area contributed by atoms with Gasteiger partial charge in [0.15, 0.2) is 0 Å². The molecule has 0 fully saturated rings. The highest BCUT2D eigenvalue weighted by Crippen LogP contribution is 2.41. The zero-order chi connectivity index (χ0) is 41.9. The van der Waals surface area contributed by atoms with E-state index in [-0.39, 0.29) is 11.9 Å². The fraction of sp³-hybridized carbons (Fsp3) is 0.231. The SMILES string of the molecule is CCCCOC(=O)c1cccc2c1-c1ccccc1C2=NN=C1C(C)=CC(=C2C=C(C)C(=NN=C3c4ccccc4-c4c(C(=O)OCCCC)cccc43)C(C)=C2)C=C1C. The zero-order valence-electron chi connectivity index (χ0n) is 35.1. The number of rotatable bonds is 10. The first kappa shape index (κ1) is 40.0. The third kappa shape index (κ3) is 7.50. The molecular formula is C52H48N4O4. The Morgan fingerprint density at radius 1 is 0.433 bits per heavy atom. The average molecular weight is 793 g/mol. The van der Waals surface area contributed by atoms with Crippen molar-refractivity contribution in [2.24, 2.45) is 20.4 Å². The van der Waals surface area contributed by atoms with E-state index in [1.165, 1.54) is 0 Å². The van der Waals surface area contributed by atoms with Crippen LogP contribution in [0.3, 0.4) is 0 Å². The van der Waals surface area contributed by atoms with Crippen molar-refractivity contribution in [3.8, 4) is 22.3 Å². The molecule has 300 valence electrons. The molecular weight excluding hydrogens is 745 g/mol. The second-order valence-corrected chi connectivity index (χ2v) is 15.5. The predicted octanol–water partition coefficient (Wildman–Crippen LogP) is 11.8. The van der Waals surface area contributed by atoms with E-state index in [4.69, 9.17) is 29.9 Å². The lowest BCUT2D eigenvalue weighted by atomic mass is 9.87. The van der Waals surface area contributed by atoms with E-state index < -0.39 is 0 Å². The number of benzene rings is 4. The molecule has 0 saturated heterocycles. The summed E-state index contributed by atoms with van der Waals surface area (Å²) < 4.78 is 11.3. The number of carbonyl (C=O) groups excluding carboxylic acids is 2. The largest absolute Gasteiger partial charge is 0.462 e. The summed E-state index contributed by atoms with van der Waals surface area (Å²) in [4.78, 5) is 26.4. The second kappa shape index (κ2) is 17.2. The highest BCUT2D eigenvalue weighted by atomic mass is 16.5. The van der Waals surface area contributed by atoms with Gasteiger partial charge in [-0.15, -0.1) is 20.4 Å². The van der Waals surface area contributed by atoms with Crippen LogP contribution in [0.1, 0.15) is 110 Å².